The number of carbonyl (C=O) groups is 1. The zero-order valence-electron chi connectivity index (χ0n) is 13.5. The van der Waals surface area contributed by atoms with Gasteiger partial charge in [-0.25, -0.2) is 0 Å². The summed E-state index contributed by atoms with van der Waals surface area (Å²) in [7, 11) is 1.50. The minimum absolute atomic E-state index is 0.234. The zero-order valence-corrected chi connectivity index (χ0v) is 14.3. The summed E-state index contributed by atoms with van der Waals surface area (Å²) in [6.45, 7) is 1.76. The molecule has 2 aliphatic heterocycles. The van der Waals surface area contributed by atoms with E-state index in [2.05, 4.69) is 30.8 Å². The van der Waals surface area contributed by atoms with E-state index in [-0.39, 0.29) is 11.6 Å². The Labute approximate surface area is 148 Å². The van der Waals surface area contributed by atoms with Crippen LogP contribution in [0.25, 0.3) is 5.70 Å². The fourth-order valence-electron chi connectivity index (χ4n) is 2.62. The number of ether oxygens (including phenoxy) is 1. The van der Waals surface area contributed by atoms with Crippen LogP contribution in [0.15, 0.2) is 46.8 Å². The van der Waals surface area contributed by atoms with Gasteiger partial charge in [0.1, 0.15) is 0 Å². The summed E-state index contributed by atoms with van der Waals surface area (Å²) in [6.07, 6.45) is 0. The predicted octanol–water partition coefficient (Wildman–Crippen LogP) is 2.45. The molecule has 0 radical (unpaired) electrons. The standard InChI is InChI=1S/C17H15N5O2S/c1-24-15-7-6-13(20-21-15)16(23)19-12-4-2-11(3-5-12)14-10-25-17-18-8-9-22(14)17/h2-7,10H,8-9H2,1H3,(H,19,23). The van der Waals surface area contributed by atoms with E-state index >= 15 is 0 Å². The highest BCUT2D eigenvalue weighted by atomic mass is 32.2. The molecule has 2 aliphatic rings. The maximum absolute atomic E-state index is 12.2. The van der Waals surface area contributed by atoms with Crippen molar-refractivity contribution in [3.8, 4) is 5.88 Å². The van der Waals surface area contributed by atoms with Gasteiger partial charge in [0, 0.05) is 23.7 Å². The first-order chi connectivity index (χ1) is 12.2. The van der Waals surface area contributed by atoms with Crippen molar-refractivity contribution >= 4 is 34.2 Å². The van der Waals surface area contributed by atoms with Crippen LogP contribution in [0.5, 0.6) is 5.88 Å². The molecule has 2 aromatic rings. The molecular formula is C17H15N5O2S. The summed E-state index contributed by atoms with van der Waals surface area (Å²) in [5.41, 5.74) is 3.19. The Morgan fingerprint density at radius 1 is 1.20 bits per heavy atom. The van der Waals surface area contributed by atoms with Crippen molar-refractivity contribution in [2.24, 2.45) is 4.99 Å². The van der Waals surface area contributed by atoms with Gasteiger partial charge in [0.25, 0.3) is 5.91 Å². The fourth-order valence-corrected chi connectivity index (χ4v) is 3.58. The fraction of sp³-hybridized carbons (Fsp3) is 0.176. The Morgan fingerprint density at radius 3 is 2.76 bits per heavy atom. The molecule has 0 unspecified atom stereocenters. The lowest BCUT2D eigenvalue weighted by Crippen LogP contribution is -2.19. The number of nitrogens with zero attached hydrogens (tertiary/aromatic N) is 4. The molecule has 4 rings (SSSR count). The number of thioether (sulfide) groups is 1. The van der Waals surface area contributed by atoms with Crippen molar-refractivity contribution in [1.29, 1.82) is 0 Å². The van der Waals surface area contributed by atoms with Gasteiger partial charge in [-0.2, -0.15) is 0 Å². The maximum Gasteiger partial charge on any atom is 0.276 e. The van der Waals surface area contributed by atoms with E-state index in [0.29, 0.717) is 11.6 Å². The lowest BCUT2D eigenvalue weighted by atomic mass is 10.1. The number of amides is 1. The molecule has 0 aliphatic carbocycles. The van der Waals surface area contributed by atoms with Gasteiger partial charge >= 0.3 is 0 Å². The van der Waals surface area contributed by atoms with Crippen LogP contribution in [0.1, 0.15) is 16.1 Å². The molecule has 0 spiro atoms. The SMILES string of the molecule is COc1ccc(C(=O)Nc2ccc(C3=CSC4=NCCN34)cc2)nn1. The molecule has 0 bridgehead atoms. The first-order valence-corrected chi connectivity index (χ1v) is 8.61. The van der Waals surface area contributed by atoms with Crippen LogP contribution in [0.4, 0.5) is 5.69 Å². The summed E-state index contributed by atoms with van der Waals surface area (Å²) in [4.78, 5) is 18.9. The largest absolute Gasteiger partial charge is 0.480 e. The van der Waals surface area contributed by atoms with Crippen LogP contribution in [-0.2, 0) is 0 Å². The molecule has 1 amide bonds. The first-order valence-electron chi connectivity index (χ1n) is 7.73. The average molecular weight is 353 g/mol. The Bertz CT molecular complexity index is 862. The van der Waals surface area contributed by atoms with Crippen LogP contribution in [0.3, 0.4) is 0 Å². The molecule has 3 heterocycles. The molecule has 0 saturated heterocycles. The number of amidine groups is 1. The molecule has 25 heavy (non-hydrogen) atoms. The highest BCUT2D eigenvalue weighted by molar-refractivity contribution is 8.16. The van der Waals surface area contributed by atoms with Crippen molar-refractivity contribution < 1.29 is 9.53 Å². The van der Waals surface area contributed by atoms with Crippen LogP contribution < -0.4 is 10.1 Å². The number of benzene rings is 1. The topological polar surface area (TPSA) is 79.7 Å². The summed E-state index contributed by atoms with van der Waals surface area (Å²) < 4.78 is 4.93. The molecule has 7 nitrogen and oxygen atoms in total. The molecule has 1 N–H and O–H groups in total. The summed E-state index contributed by atoms with van der Waals surface area (Å²) in [5, 5.41) is 13.6. The Kier molecular flexibility index (Phi) is 4.10. The van der Waals surface area contributed by atoms with E-state index in [1.807, 2.05) is 24.3 Å². The molecule has 0 atom stereocenters. The van der Waals surface area contributed by atoms with E-state index in [4.69, 9.17) is 4.74 Å². The molecule has 1 aromatic carbocycles. The first kappa shape index (κ1) is 15.6. The van der Waals surface area contributed by atoms with Crippen molar-refractivity contribution in [2.75, 3.05) is 25.5 Å². The number of rotatable bonds is 4. The lowest BCUT2D eigenvalue weighted by molar-refractivity contribution is 0.102. The van der Waals surface area contributed by atoms with Crippen molar-refractivity contribution in [3.63, 3.8) is 0 Å². The Hall–Kier alpha value is -2.87. The summed E-state index contributed by atoms with van der Waals surface area (Å²) in [5.74, 6) is 0.0564. The zero-order chi connectivity index (χ0) is 17.2. The minimum atomic E-state index is -0.312. The van der Waals surface area contributed by atoms with Gasteiger partial charge in [-0.3, -0.25) is 9.79 Å². The molecule has 1 aromatic heterocycles. The van der Waals surface area contributed by atoms with Crippen LogP contribution in [0, 0.1) is 0 Å². The van der Waals surface area contributed by atoms with Gasteiger partial charge in [0.15, 0.2) is 10.9 Å². The van der Waals surface area contributed by atoms with Gasteiger partial charge in [-0.1, -0.05) is 23.9 Å². The number of anilines is 1. The molecule has 126 valence electrons. The monoisotopic (exact) mass is 353 g/mol. The number of carbonyl (C=O) groups excluding carboxylic acids is 1. The number of fused-ring (bicyclic) bond motifs is 1. The van der Waals surface area contributed by atoms with Gasteiger partial charge < -0.3 is 15.0 Å². The number of hydrogen-bond acceptors (Lipinski definition) is 7. The van der Waals surface area contributed by atoms with E-state index < -0.39 is 0 Å². The van der Waals surface area contributed by atoms with Crippen molar-refractivity contribution in [3.05, 3.63) is 53.1 Å². The van der Waals surface area contributed by atoms with E-state index in [1.54, 1.807) is 23.9 Å². The third kappa shape index (κ3) is 3.08. The number of aliphatic imine (C=N–C) groups is 1. The maximum atomic E-state index is 12.2. The Balaban J connectivity index is 1.45. The Morgan fingerprint density at radius 2 is 2.04 bits per heavy atom. The van der Waals surface area contributed by atoms with Crippen LogP contribution in [0.2, 0.25) is 0 Å². The van der Waals surface area contributed by atoms with E-state index in [1.165, 1.54) is 7.11 Å². The normalized spacial score (nSPS) is 15.5. The highest BCUT2D eigenvalue weighted by Gasteiger charge is 2.26. The second-order valence-electron chi connectivity index (χ2n) is 5.43. The van der Waals surface area contributed by atoms with Crippen LogP contribution >= 0.6 is 11.8 Å². The van der Waals surface area contributed by atoms with Gasteiger partial charge in [0.05, 0.1) is 19.4 Å². The molecule has 0 fully saturated rings. The number of aromatic nitrogens is 2. The molecule has 0 saturated carbocycles. The third-order valence-electron chi connectivity index (χ3n) is 3.89. The number of hydrogen-bond donors (Lipinski definition) is 1. The summed E-state index contributed by atoms with van der Waals surface area (Å²) >= 11 is 1.65. The summed E-state index contributed by atoms with van der Waals surface area (Å²) in [6, 6.07) is 10.9. The average Bonchev–Trinajstić information content (AvgIpc) is 3.26. The van der Waals surface area contributed by atoms with Crippen molar-refractivity contribution in [2.45, 2.75) is 0 Å². The van der Waals surface area contributed by atoms with Gasteiger partial charge in [0.2, 0.25) is 5.88 Å². The molecule has 8 heteroatoms. The predicted molar refractivity (Wildman–Crippen MR) is 97.6 cm³/mol. The second-order valence-corrected chi connectivity index (χ2v) is 6.27. The quantitative estimate of drug-likeness (QED) is 0.909. The third-order valence-corrected chi connectivity index (χ3v) is 4.79. The van der Waals surface area contributed by atoms with E-state index in [9.17, 15) is 4.79 Å². The number of nitrogens with one attached hydrogen (secondary N) is 1. The highest BCUT2D eigenvalue weighted by Crippen LogP contribution is 2.35. The second kappa shape index (κ2) is 6.56. The molecular weight excluding hydrogens is 338 g/mol. The van der Waals surface area contributed by atoms with Crippen molar-refractivity contribution in [1.82, 2.24) is 15.1 Å². The smallest absolute Gasteiger partial charge is 0.276 e. The van der Waals surface area contributed by atoms with Gasteiger partial charge in [-0.05, 0) is 23.8 Å². The lowest BCUT2D eigenvalue weighted by Gasteiger charge is -2.16. The van der Waals surface area contributed by atoms with Gasteiger partial charge in [-0.15, -0.1) is 10.2 Å². The van der Waals surface area contributed by atoms with E-state index in [0.717, 1.165) is 29.5 Å². The van der Waals surface area contributed by atoms with Crippen LogP contribution in [-0.4, -0.2) is 46.4 Å². The number of methoxy groups -OCH3 is 1. The minimum Gasteiger partial charge on any atom is -0.480 e.